The maximum atomic E-state index is 16.4. The molecule has 11 bridgehead atoms. The van der Waals surface area contributed by atoms with Gasteiger partial charge in [0.2, 0.25) is 53.4 Å². The highest BCUT2D eigenvalue weighted by atomic mass is 35.5. The van der Waals surface area contributed by atoms with E-state index in [1.165, 1.54) is 63.3 Å². The number of phenols is 3. The van der Waals surface area contributed by atoms with E-state index >= 15 is 24.0 Å². The number of nitrogens with zero attached hydrogens (tertiary/aromatic N) is 1. The molecule has 9 amide bonds. The fraction of sp³-hybridized carbons (Fsp3) is 0.420. The number of nitrogens with one attached hydrogen (secondary N) is 10. The molecular formula is C88H99Cl2F3N12O26. The minimum atomic E-state index is -4.79. The van der Waals surface area contributed by atoms with Crippen molar-refractivity contribution in [3.8, 4) is 57.1 Å². The van der Waals surface area contributed by atoms with Gasteiger partial charge in [-0.15, -0.1) is 0 Å². The molecule has 0 aliphatic carbocycles. The summed E-state index contributed by atoms with van der Waals surface area (Å²) in [6.07, 6.45) is -24.1. The largest absolute Gasteiger partial charge is 0.508 e. The number of rotatable bonds is 21. The molecule has 8 heterocycles. The molecule has 0 saturated carbocycles. The Bertz CT molecular complexity index is 5510. The van der Waals surface area contributed by atoms with Gasteiger partial charge in [-0.3, -0.25) is 43.2 Å². The van der Waals surface area contributed by atoms with Crippen LogP contribution < -0.4 is 78.2 Å². The summed E-state index contributed by atoms with van der Waals surface area (Å²) in [5.41, 5.74) is 3.26. The van der Waals surface area contributed by atoms with Crippen LogP contribution in [-0.4, -0.2) is 219 Å². The number of anilines is 2. The number of carbonyl (C=O) groups excluding carboxylic acids is 9. The molecule has 7 aromatic carbocycles. The number of aromatic hydroxyl groups is 3. The fourth-order valence-corrected chi connectivity index (χ4v) is 16.5. The zero-order valence-corrected chi connectivity index (χ0v) is 72.8. The number of fused-ring (bicyclic) bond motifs is 15. The van der Waals surface area contributed by atoms with E-state index in [0.29, 0.717) is 24.8 Å². The Balaban J connectivity index is 0.950. The SMILES string of the molecule is CNC(CC(C)C)C(=O)NC1C(=O)NC(CC(N)=O)C(=O)NC2C(=O)NC3C(=O)NC(C(=O)N[C@@H](C(=O)NOC4CCCCO4)c4cc(O)cc(O)c4-c4cc3ccc4O)C(O)c3ccc(c(Cl)c3)Oc3cc2cc(c3OC2OC(CO)C(O)C(O)C2OC2C[C@@](C)(NCc3cccc(NC(=O)c4cc(N(C)C)cc(C(F)(F)F)c4)c3)C(O)C(C)O2)Oc2ccc(cc2Cl)C1O. The van der Waals surface area contributed by atoms with E-state index in [0.717, 1.165) is 78.9 Å². The van der Waals surface area contributed by atoms with Gasteiger partial charge in [-0.05, 0) is 164 Å². The number of carbonyl (C=O) groups is 9. The number of hydrogen-bond donors (Lipinski definition) is 20. The molecule has 0 spiro atoms. The van der Waals surface area contributed by atoms with Gasteiger partial charge in [0.25, 0.3) is 11.8 Å². The van der Waals surface area contributed by atoms with E-state index in [1.807, 2.05) is 0 Å². The van der Waals surface area contributed by atoms with E-state index in [9.17, 15) is 78.3 Å². The molecule has 7 aromatic rings. The van der Waals surface area contributed by atoms with Gasteiger partial charge in [-0.1, -0.05) is 67.4 Å². The Hall–Kier alpha value is -11.8. The van der Waals surface area contributed by atoms with Crippen LogP contribution in [0.1, 0.15) is 146 Å². The Morgan fingerprint density at radius 1 is 0.710 bits per heavy atom. The summed E-state index contributed by atoms with van der Waals surface area (Å²) in [6.45, 7) is 5.81. The summed E-state index contributed by atoms with van der Waals surface area (Å²) < 4.78 is 87.4. The molecule has 21 N–H and O–H groups in total. The Morgan fingerprint density at radius 2 is 1.37 bits per heavy atom. The second-order valence-corrected chi connectivity index (χ2v) is 34.2. The van der Waals surface area contributed by atoms with Crippen molar-refractivity contribution in [2.45, 2.75) is 194 Å². The normalized spacial score (nSPS) is 26.7. The number of aliphatic hydroxyl groups is 6. The lowest BCUT2D eigenvalue weighted by atomic mass is 9.84. The molecule has 131 heavy (non-hydrogen) atoms. The molecule has 38 nitrogen and oxygen atoms in total. The van der Waals surface area contributed by atoms with Crippen molar-refractivity contribution in [1.29, 1.82) is 0 Å². The second kappa shape index (κ2) is 40.5. The van der Waals surface area contributed by atoms with Crippen molar-refractivity contribution in [3.05, 3.63) is 176 Å². The van der Waals surface area contributed by atoms with Crippen LogP contribution in [0.5, 0.6) is 46.0 Å². The van der Waals surface area contributed by atoms with Crippen LogP contribution in [-0.2, 0) is 74.9 Å². The molecule has 17 unspecified atom stereocenters. The lowest BCUT2D eigenvalue weighted by Crippen LogP contribution is -2.65. The molecule has 3 saturated heterocycles. The number of nitrogens with two attached hydrogens (primary N) is 1. The number of amides is 9. The van der Waals surface area contributed by atoms with E-state index in [1.54, 1.807) is 32.9 Å². The topological polar surface area (TPSA) is 559 Å². The number of ether oxygens (including phenoxy) is 7. The van der Waals surface area contributed by atoms with E-state index < -0.39 is 272 Å². The van der Waals surface area contributed by atoms with Gasteiger partial charge in [0, 0.05) is 79.8 Å². The zero-order chi connectivity index (χ0) is 94.7. The number of hydroxylamine groups is 1. The van der Waals surface area contributed by atoms with E-state index in [2.05, 4.69) is 53.3 Å². The lowest BCUT2D eigenvalue weighted by molar-refractivity contribution is -0.334. The molecule has 8 aliphatic heterocycles. The predicted molar refractivity (Wildman–Crippen MR) is 457 cm³/mol. The summed E-state index contributed by atoms with van der Waals surface area (Å²) in [6, 6.07) is 8.51. The number of likely N-dealkylation sites (N-methyl/N-ethyl adjacent to an activating group) is 1. The van der Waals surface area contributed by atoms with Crippen LogP contribution >= 0.6 is 23.2 Å². The molecule has 0 aromatic heterocycles. The van der Waals surface area contributed by atoms with Crippen LogP contribution in [0, 0.1) is 5.92 Å². The van der Waals surface area contributed by atoms with Crippen molar-refractivity contribution in [2.24, 2.45) is 11.7 Å². The lowest BCUT2D eigenvalue weighted by Gasteiger charge is -2.48. The first-order valence-corrected chi connectivity index (χ1v) is 42.4. The summed E-state index contributed by atoms with van der Waals surface area (Å²) in [5.74, 6) is -16.6. The van der Waals surface area contributed by atoms with Gasteiger partial charge in [0.15, 0.2) is 30.2 Å². The van der Waals surface area contributed by atoms with Gasteiger partial charge in [-0.25, -0.2) is 10.3 Å². The van der Waals surface area contributed by atoms with Crippen molar-refractivity contribution >= 4 is 87.7 Å². The van der Waals surface area contributed by atoms with Crippen LogP contribution in [0.25, 0.3) is 11.1 Å². The minimum absolute atomic E-state index is 0.0758. The highest BCUT2D eigenvalue weighted by Crippen LogP contribution is 2.51. The number of benzene rings is 7. The summed E-state index contributed by atoms with van der Waals surface area (Å²) >= 11 is 14.4. The second-order valence-electron chi connectivity index (χ2n) is 33.3. The van der Waals surface area contributed by atoms with Gasteiger partial charge < -0.3 is 138 Å². The smallest absolute Gasteiger partial charge is 0.416 e. The third-order valence-corrected chi connectivity index (χ3v) is 23.7. The standard InChI is InChI=1S/C88H99Cl2F3N12O26/c1-37(2)21-53(95-5)79(117)102-69-71(111)41-15-18-57(51(89)26-41)126-59-28-43-29-60(75(59)130-86-76(74(114)73(113)61(36-106)128-86)129-64-34-87(4,77(115)38(3)125-64)96-35-39-11-10-12-46(22-39)97-78(116)44-23-45(88(91,92)93)30-47(24-44)105(6)7)127-58-19-16-42(27-52(58)90)72(112)70-84(122)101-68(85(123)104-131-63-13-8-9-20-124-63)50-31-48(107)32-56(109)65(50)49-25-40(14-17-55(49)108)66(81(119)103-70)100-82(120)67(43)99-80(118)54(33-62(94)110)98-83(69)121/h10-12,14-19,22-32,37-38,53-54,61,63-64,66-74,76-77,86,95-96,106-109,111-115H,8-9,13,20-21,33-36H2,1-7H3,(H2,94,110)(H,97,116)(H,98,121)(H,99,118)(H,100,120)(H,101,122)(H,102,117)(H,103,119)(H,104,123)/t38?,53?,54?,61?,63?,64?,66?,67?,68-,69?,70?,71?,72?,73?,74?,76?,77?,86?,87-/m1/s1. The number of hydrogen-bond acceptors (Lipinski definition) is 29. The van der Waals surface area contributed by atoms with Crippen molar-refractivity contribution in [2.75, 3.05) is 44.6 Å². The van der Waals surface area contributed by atoms with Gasteiger partial charge in [-0.2, -0.15) is 13.2 Å². The van der Waals surface area contributed by atoms with Crippen LogP contribution in [0.2, 0.25) is 10.0 Å². The van der Waals surface area contributed by atoms with Gasteiger partial charge >= 0.3 is 6.18 Å². The summed E-state index contributed by atoms with van der Waals surface area (Å²) in [5, 5.41) is 130. The molecule has 15 rings (SSSR count). The zero-order valence-electron chi connectivity index (χ0n) is 71.3. The first-order chi connectivity index (χ1) is 62.1. The number of alkyl halides is 3. The number of halogens is 5. The molecule has 43 heteroatoms. The maximum Gasteiger partial charge on any atom is 0.416 e. The molecule has 19 atom stereocenters. The van der Waals surface area contributed by atoms with Crippen molar-refractivity contribution in [1.82, 2.24) is 48.0 Å². The Labute approximate surface area is 756 Å². The molecule has 0 radical (unpaired) electrons. The maximum absolute atomic E-state index is 16.4. The number of phenolic OH excluding ortho intramolecular Hbond substituents is 3. The third kappa shape index (κ3) is 22.0. The van der Waals surface area contributed by atoms with Crippen LogP contribution in [0.4, 0.5) is 24.5 Å². The van der Waals surface area contributed by atoms with Crippen LogP contribution in [0.15, 0.2) is 121 Å². The number of primary amides is 1. The van der Waals surface area contributed by atoms with Crippen LogP contribution in [0.3, 0.4) is 0 Å². The summed E-state index contributed by atoms with van der Waals surface area (Å²) in [4.78, 5) is 142. The van der Waals surface area contributed by atoms with Crippen molar-refractivity contribution in [3.63, 3.8) is 0 Å². The van der Waals surface area contributed by atoms with E-state index in [4.69, 9.17) is 66.9 Å². The highest BCUT2D eigenvalue weighted by molar-refractivity contribution is 6.32. The minimum Gasteiger partial charge on any atom is -0.508 e. The fourth-order valence-electron chi connectivity index (χ4n) is 16.1. The Morgan fingerprint density at radius 3 is 2.01 bits per heavy atom. The average molecular weight is 1870 g/mol. The molecular weight excluding hydrogens is 1770 g/mol. The monoisotopic (exact) mass is 1870 g/mol. The number of aliphatic hydroxyl groups excluding tert-OH is 6. The van der Waals surface area contributed by atoms with Gasteiger partial charge in [0.1, 0.15) is 95.5 Å². The first kappa shape index (κ1) is 96.8. The molecule has 8 aliphatic rings. The average Bonchev–Trinajstić information content (AvgIpc) is 0.761. The highest BCUT2D eigenvalue weighted by Gasteiger charge is 2.53. The molecule has 702 valence electrons. The first-order valence-electron chi connectivity index (χ1n) is 41.6. The predicted octanol–water partition coefficient (Wildman–Crippen LogP) is 4.76. The molecule has 3 fully saturated rings. The summed E-state index contributed by atoms with van der Waals surface area (Å²) in [7, 11) is 4.50. The van der Waals surface area contributed by atoms with E-state index in [-0.39, 0.29) is 65.5 Å². The quantitative estimate of drug-likeness (QED) is 0.0431. The van der Waals surface area contributed by atoms with Gasteiger partial charge in [0.05, 0.1) is 46.9 Å². The third-order valence-electron chi connectivity index (χ3n) is 23.1. The Kier molecular flexibility index (Phi) is 29.9. The van der Waals surface area contributed by atoms with Crippen molar-refractivity contribution < 1.29 is 140 Å².